The van der Waals surface area contributed by atoms with Gasteiger partial charge in [-0.1, -0.05) is 58.1 Å². The van der Waals surface area contributed by atoms with Gasteiger partial charge in [0.25, 0.3) is 0 Å². The number of hydrogen-bond acceptors (Lipinski definition) is 10. The molecule has 4 aromatic rings. The number of nitrogens with zero attached hydrogens (tertiary/aromatic N) is 4. The molecule has 0 aliphatic rings. The number of amides is 2. The monoisotopic (exact) mass is 558 g/mol. The number of carbonyl (C=O) groups is 2. The third-order valence-corrected chi connectivity index (χ3v) is 7.43. The van der Waals surface area contributed by atoms with Crippen LogP contribution in [-0.4, -0.2) is 45.0 Å². The third-order valence-electron chi connectivity index (χ3n) is 5.04. The number of anilines is 2. The minimum Gasteiger partial charge on any atom is -0.496 e. The first kappa shape index (κ1) is 26.6. The maximum atomic E-state index is 12.3. The molecule has 0 atom stereocenters. The van der Waals surface area contributed by atoms with Crippen molar-refractivity contribution in [3.05, 3.63) is 58.9 Å². The lowest BCUT2D eigenvalue weighted by atomic mass is 10.2. The number of aryl methyl sites for hydroxylation is 2. The number of benzene rings is 2. The summed E-state index contributed by atoms with van der Waals surface area (Å²) in [5, 5.41) is 18.6. The molecule has 13 heteroatoms. The van der Waals surface area contributed by atoms with Crippen LogP contribution in [0.4, 0.5) is 10.8 Å². The first-order chi connectivity index (χ1) is 17.9. The van der Waals surface area contributed by atoms with Gasteiger partial charge in [0.1, 0.15) is 5.75 Å². The normalized spacial score (nSPS) is 10.8. The van der Waals surface area contributed by atoms with Crippen LogP contribution < -0.4 is 15.4 Å². The Morgan fingerprint density at radius 2 is 1.92 bits per heavy atom. The zero-order valence-corrected chi connectivity index (χ0v) is 22.4. The molecule has 2 aromatic heterocycles. The molecule has 37 heavy (non-hydrogen) atoms. The van der Waals surface area contributed by atoms with E-state index >= 15 is 0 Å². The summed E-state index contributed by atoms with van der Waals surface area (Å²) >= 11 is 8.72. The van der Waals surface area contributed by atoms with E-state index in [1.165, 1.54) is 23.1 Å². The average Bonchev–Trinajstić information content (AvgIpc) is 3.54. The average molecular weight is 559 g/mol. The Kier molecular flexibility index (Phi) is 9.09. The van der Waals surface area contributed by atoms with Crippen LogP contribution in [0, 0.1) is 6.92 Å². The fourth-order valence-electron chi connectivity index (χ4n) is 3.14. The van der Waals surface area contributed by atoms with Crippen LogP contribution in [0.1, 0.15) is 24.3 Å². The maximum Gasteiger partial charge on any atom is 0.227 e. The molecule has 0 bridgehead atoms. The summed E-state index contributed by atoms with van der Waals surface area (Å²) < 4.78 is 11.2. The highest BCUT2D eigenvalue weighted by atomic mass is 35.5. The van der Waals surface area contributed by atoms with Crippen molar-refractivity contribution in [1.82, 2.24) is 20.3 Å². The standard InChI is InChI=1S/C24H23ClN6O4S2/c1-14-7-8-15(13-17(14)25)26-20(33)11-12-36-24-30-29-23(37-24)27-19(32)9-10-21-28-22(31-35-21)16-5-3-4-6-18(16)34-2/h3-8,13H,9-12H2,1-2H3,(H,26,33)(H,27,29,32). The number of nitrogens with one attached hydrogen (secondary N) is 2. The van der Waals surface area contributed by atoms with Gasteiger partial charge in [-0.3, -0.25) is 9.59 Å². The van der Waals surface area contributed by atoms with Crippen LogP contribution in [0.5, 0.6) is 5.75 Å². The van der Waals surface area contributed by atoms with Gasteiger partial charge in [-0.05, 0) is 36.8 Å². The van der Waals surface area contributed by atoms with Gasteiger partial charge in [0.2, 0.25) is 28.7 Å². The molecule has 0 aliphatic heterocycles. The lowest BCUT2D eigenvalue weighted by Crippen LogP contribution is -2.12. The van der Waals surface area contributed by atoms with Crippen molar-refractivity contribution in [3.8, 4) is 17.1 Å². The molecule has 2 N–H and O–H groups in total. The lowest BCUT2D eigenvalue weighted by Gasteiger charge is -2.06. The molecule has 192 valence electrons. The number of halogens is 1. The summed E-state index contributed by atoms with van der Waals surface area (Å²) in [4.78, 5) is 28.9. The largest absolute Gasteiger partial charge is 0.496 e. The number of carbonyl (C=O) groups excluding carboxylic acids is 2. The Morgan fingerprint density at radius 1 is 1.11 bits per heavy atom. The summed E-state index contributed by atoms with van der Waals surface area (Å²) in [6.07, 6.45) is 0.701. The van der Waals surface area contributed by atoms with Gasteiger partial charge in [0, 0.05) is 35.7 Å². The topological polar surface area (TPSA) is 132 Å². The van der Waals surface area contributed by atoms with E-state index in [9.17, 15) is 9.59 Å². The Labute approximate surface area is 226 Å². The molecular formula is C24H23ClN6O4S2. The molecule has 0 spiro atoms. The zero-order valence-electron chi connectivity index (χ0n) is 20.0. The molecule has 0 aliphatic carbocycles. The second-order valence-electron chi connectivity index (χ2n) is 7.74. The van der Waals surface area contributed by atoms with E-state index in [0.29, 0.717) is 55.4 Å². The summed E-state index contributed by atoms with van der Waals surface area (Å²) in [5.74, 6) is 1.51. The van der Waals surface area contributed by atoms with Crippen molar-refractivity contribution in [2.75, 3.05) is 23.5 Å². The van der Waals surface area contributed by atoms with E-state index in [2.05, 4.69) is 31.0 Å². The molecule has 0 unspecified atom stereocenters. The number of methoxy groups -OCH3 is 1. The van der Waals surface area contributed by atoms with Crippen LogP contribution in [-0.2, 0) is 16.0 Å². The fraction of sp³-hybridized carbons (Fsp3) is 0.250. The van der Waals surface area contributed by atoms with Crippen molar-refractivity contribution in [2.24, 2.45) is 0 Å². The highest BCUT2D eigenvalue weighted by Crippen LogP contribution is 2.28. The van der Waals surface area contributed by atoms with Crippen molar-refractivity contribution in [1.29, 1.82) is 0 Å². The van der Waals surface area contributed by atoms with E-state index in [1.54, 1.807) is 13.2 Å². The van der Waals surface area contributed by atoms with Gasteiger partial charge in [-0.25, -0.2) is 0 Å². The molecule has 2 amide bonds. The summed E-state index contributed by atoms with van der Waals surface area (Å²) in [5.41, 5.74) is 2.31. The van der Waals surface area contributed by atoms with Gasteiger partial charge in [0.15, 0.2) is 4.34 Å². The molecule has 2 aromatic carbocycles. The molecule has 0 saturated carbocycles. The predicted molar refractivity (Wildman–Crippen MR) is 143 cm³/mol. The van der Waals surface area contributed by atoms with Crippen LogP contribution in [0.2, 0.25) is 5.02 Å². The smallest absolute Gasteiger partial charge is 0.227 e. The molecule has 2 heterocycles. The van der Waals surface area contributed by atoms with E-state index in [4.69, 9.17) is 20.9 Å². The quantitative estimate of drug-likeness (QED) is 0.187. The maximum absolute atomic E-state index is 12.3. The third kappa shape index (κ3) is 7.51. The highest BCUT2D eigenvalue weighted by Gasteiger charge is 2.15. The predicted octanol–water partition coefficient (Wildman–Crippen LogP) is 5.25. The summed E-state index contributed by atoms with van der Waals surface area (Å²) in [7, 11) is 1.57. The molecule has 0 saturated heterocycles. The number of para-hydroxylation sites is 1. The number of hydrogen-bond donors (Lipinski definition) is 2. The molecule has 10 nitrogen and oxygen atoms in total. The number of ether oxygens (including phenoxy) is 1. The van der Waals surface area contributed by atoms with Gasteiger partial charge < -0.3 is 19.9 Å². The van der Waals surface area contributed by atoms with E-state index in [0.717, 1.165) is 5.56 Å². The van der Waals surface area contributed by atoms with Gasteiger partial charge in [0.05, 0.1) is 12.7 Å². The number of thioether (sulfide) groups is 1. The van der Waals surface area contributed by atoms with Gasteiger partial charge in [-0.2, -0.15) is 4.98 Å². The Morgan fingerprint density at radius 3 is 2.73 bits per heavy atom. The molecule has 4 rings (SSSR count). The summed E-state index contributed by atoms with van der Waals surface area (Å²) in [6.45, 7) is 1.90. The van der Waals surface area contributed by atoms with Crippen molar-refractivity contribution in [3.63, 3.8) is 0 Å². The van der Waals surface area contributed by atoms with Crippen molar-refractivity contribution >= 4 is 57.3 Å². The van der Waals surface area contributed by atoms with E-state index in [1.807, 2.05) is 43.3 Å². The fourth-order valence-corrected chi connectivity index (χ4v) is 5.10. The summed E-state index contributed by atoms with van der Waals surface area (Å²) in [6, 6.07) is 12.7. The van der Waals surface area contributed by atoms with Crippen LogP contribution in [0.25, 0.3) is 11.4 Å². The van der Waals surface area contributed by atoms with Crippen LogP contribution in [0.3, 0.4) is 0 Å². The van der Waals surface area contributed by atoms with E-state index in [-0.39, 0.29) is 24.7 Å². The van der Waals surface area contributed by atoms with E-state index < -0.39 is 0 Å². The number of aromatic nitrogens is 4. The Bertz CT molecular complexity index is 1390. The first-order valence-electron chi connectivity index (χ1n) is 11.2. The minimum absolute atomic E-state index is 0.125. The zero-order chi connectivity index (χ0) is 26.2. The van der Waals surface area contributed by atoms with Crippen LogP contribution >= 0.6 is 34.7 Å². The van der Waals surface area contributed by atoms with Crippen LogP contribution in [0.15, 0.2) is 51.3 Å². The van der Waals surface area contributed by atoms with Crippen molar-refractivity contribution in [2.45, 2.75) is 30.5 Å². The second kappa shape index (κ2) is 12.7. The van der Waals surface area contributed by atoms with Crippen molar-refractivity contribution < 1.29 is 18.8 Å². The lowest BCUT2D eigenvalue weighted by molar-refractivity contribution is -0.116. The molecule has 0 radical (unpaired) electrons. The van der Waals surface area contributed by atoms with Gasteiger partial charge in [-0.15, -0.1) is 10.2 Å². The Hall–Kier alpha value is -3.48. The highest BCUT2D eigenvalue weighted by molar-refractivity contribution is 8.01. The molecular weight excluding hydrogens is 536 g/mol. The molecule has 0 fully saturated rings. The minimum atomic E-state index is -0.249. The SMILES string of the molecule is COc1ccccc1-c1noc(CCC(=O)Nc2nnc(SCCC(=O)Nc3ccc(C)c(Cl)c3)s2)n1. The first-order valence-corrected chi connectivity index (χ1v) is 13.4. The van der Waals surface area contributed by atoms with Gasteiger partial charge >= 0.3 is 0 Å². The second-order valence-corrected chi connectivity index (χ2v) is 10.5. The Balaban J connectivity index is 1.19. The number of rotatable bonds is 11.